The molecule has 0 saturated carbocycles. The molecule has 9 heteroatoms. The zero-order chi connectivity index (χ0) is 19.9. The summed E-state index contributed by atoms with van der Waals surface area (Å²) >= 11 is 0. The van der Waals surface area contributed by atoms with Crippen molar-refractivity contribution in [1.82, 2.24) is 10.7 Å². The normalized spacial score (nSPS) is 12.4. The van der Waals surface area contributed by atoms with Gasteiger partial charge in [-0.1, -0.05) is 12.1 Å². The Morgan fingerprint density at radius 3 is 2.39 bits per heavy atom. The number of nitrogens with zero attached hydrogens (tertiary/aromatic N) is 1. The zero-order valence-electron chi connectivity index (χ0n) is 14.7. The number of hydrazone groups is 1. The molecule has 2 amide bonds. The summed E-state index contributed by atoms with van der Waals surface area (Å²) in [7, 11) is 0. The van der Waals surface area contributed by atoms with Gasteiger partial charge in [-0.3, -0.25) is 9.59 Å². The molecule has 3 rings (SSSR count). The van der Waals surface area contributed by atoms with Gasteiger partial charge in [-0.2, -0.15) is 5.10 Å². The van der Waals surface area contributed by atoms with Crippen molar-refractivity contribution in [3.05, 3.63) is 59.2 Å². The monoisotopic (exact) mass is 383 g/mol. The first-order chi connectivity index (χ1) is 13.5. The third kappa shape index (κ3) is 4.85. The topological polar surface area (TPSA) is 126 Å². The van der Waals surface area contributed by atoms with Crippen molar-refractivity contribution >= 4 is 24.0 Å². The SMILES string of the molecule is O=C(CNC(=O)c1ccc2c(c1)OCCO2)NN=Cc1ccc(C(=O)O)cc1. The average molecular weight is 383 g/mol. The highest BCUT2D eigenvalue weighted by atomic mass is 16.6. The highest BCUT2D eigenvalue weighted by Gasteiger charge is 2.15. The third-order valence-electron chi connectivity index (χ3n) is 3.77. The molecule has 0 radical (unpaired) electrons. The molecule has 144 valence electrons. The van der Waals surface area contributed by atoms with Crippen LogP contribution in [0.1, 0.15) is 26.3 Å². The number of carbonyl (C=O) groups excluding carboxylic acids is 2. The maximum Gasteiger partial charge on any atom is 0.335 e. The summed E-state index contributed by atoms with van der Waals surface area (Å²) in [6.07, 6.45) is 1.37. The van der Waals surface area contributed by atoms with Crippen molar-refractivity contribution in [3.8, 4) is 11.5 Å². The van der Waals surface area contributed by atoms with E-state index in [0.717, 1.165) is 0 Å². The molecule has 1 aliphatic heterocycles. The van der Waals surface area contributed by atoms with Crippen molar-refractivity contribution in [2.45, 2.75) is 0 Å². The van der Waals surface area contributed by atoms with Crippen molar-refractivity contribution < 1.29 is 29.0 Å². The maximum absolute atomic E-state index is 12.1. The van der Waals surface area contributed by atoms with E-state index in [1.165, 1.54) is 18.3 Å². The maximum atomic E-state index is 12.1. The molecule has 9 nitrogen and oxygen atoms in total. The van der Waals surface area contributed by atoms with Crippen molar-refractivity contribution in [2.24, 2.45) is 5.10 Å². The lowest BCUT2D eigenvalue weighted by atomic mass is 10.1. The van der Waals surface area contributed by atoms with E-state index in [4.69, 9.17) is 14.6 Å². The highest BCUT2D eigenvalue weighted by molar-refractivity contribution is 5.97. The molecule has 0 bridgehead atoms. The van der Waals surface area contributed by atoms with E-state index in [1.807, 2.05) is 0 Å². The molecule has 0 spiro atoms. The van der Waals surface area contributed by atoms with Gasteiger partial charge in [0.05, 0.1) is 18.3 Å². The van der Waals surface area contributed by atoms with Crippen molar-refractivity contribution in [3.63, 3.8) is 0 Å². The fourth-order valence-corrected chi connectivity index (χ4v) is 2.38. The highest BCUT2D eigenvalue weighted by Crippen LogP contribution is 2.30. The van der Waals surface area contributed by atoms with Gasteiger partial charge in [-0.25, -0.2) is 10.2 Å². The number of carboxylic acids is 1. The van der Waals surface area contributed by atoms with E-state index >= 15 is 0 Å². The van der Waals surface area contributed by atoms with Crippen molar-refractivity contribution in [2.75, 3.05) is 19.8 Å². The fourth-order valence-electron chi connectivity index (χ4n) is 2.38. The summed E-state index contributed by atoms with van der Waals surface area (Å²) in [5.74, 6) is -0.900. The predicted molar refractivity (Wildman–Crippen MR) is 98.9 cm³/mol. The molecule has 3 N–H and O–H groups in total. The molecule has 0 saturated heterocycles. The molecular weight excluding hydrogens is 366 g/mol. The Labute approximate surface area is 160 Å². The Bertz CT molecular complexity index is 924. The number of ether oxygens (including phenoxy) is 2. The first-order valence-corrected chi connectivity index (χ1v) is 8.36. The first kappa shape index (κ1) is 18.9. The lowest BCUT2D eigenvalue weighted by molar-refractivity contribution is -0.120. The quantitative estimate of drug-likeness (QED) is 0.505. The van der Waals surface area contributed by atoms with Gasteiger partial charge in [-0.05, 0) is 35.9 Å². The molecule has 0 fully saturated rings. The smallest absolute Gasteiger partial charge is 0.335 e. The van der Waals surface area contributed by atoms with Gasteiger partial charge in [0.1, 0.15) is 13.2 Å². The second-order valence-corrected chi connectivity index (χ2v) is 5.76. The number of rotatable bonds is 6. The van der Waals surface area contributed by atoms with Crippen LogP contribution in [0.3, 0.4) is 0 Å². The molecule has 28 heavy (non-hydrogen) atoms. The molecule has 0 atom stereocenters. The van der Waals surface area contributed by atoms with Gasteiger partial charge in [0.15, 0.2) is 11.5 Å². The number of nitrogens with one attached hydrogen (secondary N) is 2. The molecule has 0 unspecified atom stereocenters. The molecule has 2 aromatic rings. The van der Waals surface area contributed by atoms with Crippen molar-refractivity contribution in [1.29, 1.82) is 0 Å². The Hall–Kier alpha value is -3.88. The number of fused-ring (bicyclic) bond motifs is 1. The standard InChI is InChI=1S/C19H17N3O6/c23-17(22-21-10-12-1-3-13(4-2-12)19(25)26)11-20-18(24)14-5-6-15-16(9-14)28-8-7-27-15/h1-6,9-10H,7-8,11H2,(H,20,24)(H,22,23)(H,25,26). The number of amides is 2. The van der Waals surface area contributed by atoms with E-state index in [1.54, 1.807) is 30.3 Å². The van der Waals surface area contributed by atoms with E-state index in [0.29, 0.717) is 35.8 Å². The minimum absolute atomic E-state index is 0.156. The summed E-state index contributed by atoms with van der Waals surface area (Å²) in [5, 5.41) is 15.1. The lowest BCUT2D eigenvalue weighted by Crippen LogP contribution is -2.35. The van der Waals surface area contributed by atoms with Gasteiger partial charge in [-0.15, -0.1) is 0 Å². The van der Waals surface area contributed by atoms with Crippen LogP contribution in [0.4, 0.5) is 0 Å². The number of carbonyl (C=O) groups is 3. The fraction of sp³-hybridized carbons (Fsp3) is 0.158. The summed E-state index contributed by atoms with van der Waals surface area (Å²) in [6, 6.07) is 10.8. The second kappa shape index (κ2) is 8.67. The minimum atomic E-state index is -1.02. The Morgan fingerprint density at radius 1 is 1.00 bits per heavy atom. The van der Waals surface area contributed by atoms with Crippen LogP contribution in [0.15, 0.2) is 47.6 Å². The molecule has 0 aliphatic carbocycles. The number of benzene rings is 2. The van der Waals surface area contributed by atoms with Crippen LogP contribution >= 0.6 is 0 Å². The number of hydrogen-bond donors (Lipinski definition) is 3. The molecule has 0 aromatic heterocycles. The number of aromatic carboxylic acids is 1. The Morgan fingerprint density at radius 2 is 1.68 bits per heavy atom. The molecular formula is C19H17N3O6. The van der Waals surface area contributed by atoms with Gasteiger partial charge < -0.3 is 19.9 Å². The van der Waals surface area contributed by atoms with Crippen LogP contribution in [-0.2, 0) is 4.79 Å². The molecule has 1 aliphatic rings. The number of hydrogen-bond acceptors (Lipinski definition) is 6. The lowest BCUT2D eigenvalue weighted by Gasteiger charge is -2.18. The van der Waals surface area contributed by atoms with Gasteiger partial charge in [0, 0.05) is 5.56 Å². The Balaban J connectivity index is 1.47. The third-order valence-corrected chi connectivity index (χ3v) is 3.77. The van der Waals surface area contributed by atoms with E-state index in [-0.39, 0.29) is 12.1 Å². The Kier molecular flexibility index (Phi) is 5.85. The van der Waals surface area contributed by atoms with E-state index in [9.17, 15) is 14.4 Å². The summed E-state index contributed by atoms with van der Waals surface area (Å²) in [5.41, 5.74) is 3.40. The average Bonchev–Trinajstić information content (AvgIpc) is 2.72. The van der Waals surface area contributed by atoms with Crippen LogP contribution < -0.4 is 20.2 Å². The van der Waals surface area contributed by atoms with Crippen LogP contribution in [0.2, 0.25) is 0 Å². The van der Waals surface area contributed by atoms with Gasteiger partial charge in [0.2, 0.25) is 0 Å². The summed E-state index contributed by atoms with van der Waals surface area (Å²) < 4.78 is 10.8. The zero-order valence-corrected chi connectivity index (χ0v) is 14.7. The van der Waals surface area contributed by atoms with Crippen LogP contribution in [0.5, 0.6) is 11.5 Å². The van der Waals surface area contributed by atoms with Crippen LogP contribution in [-0.4, -0.2) is 48.9 Å². The molecule has 2 aromatic carbocycles. The van der Waals surface area contributed by atoms with E-state index in [2.05, 4.69) is 15.8 Å². The van der Waals surface area contributed by atoms with Crippen LogP contribution in [0.25, 0.3) is 0 Å². The molecule has 1 heterocycles. The summed E-state index contributed by atoms with van der Waals surface area (Å²) in [6.45, 7) is 0.614. The first-order valence-electron chi connectivity index (χ1n) is 8.36. The van der Waals surface area contributed by atoms with Gasteiger partial charge in [0.25, 0.3) is 11.8 Å². The van der Waals surface area contributed by atoms with E-state index < -0.39 is 17.8 Å². The minimum Gasteiger partial charge on any atom is -0.486 e. The largest absolute Gasteiger partial charge is 0.486 e. The number of carboxylic acid groups (broad SMARTS) is 1. The van der Waals surface area contributed by atoms with Crippen LogP contribution in [0, 0.1) is 0 Å². The second-order valence-electron chi connectivity index (χ2n) is 5.76. The predicted octanol–water partition coefficient (Wildman–Crippen LogP) is 1.04. The van der Waals surface area contributed by atoms with Gasteiger partial charge >= 0.3 is 5.97 Å². The summed E-state index contributed by atoms with van der Waals surface area (Å²) in [4.78, 5) is 34.7.